The summed E-state index contributed by atoms with van der Waals surface area (Å²) in [6.45, 7) is 5.23. The molecular weight excluding hydrogens is 342 g/mol. The number of nitrogens with zero attached hydrogens (tertiary/aromatic N) is 3. The Morgan fingerprint density at radius 1 is 1.19 bits per heavy atom. The molecule has 3 rings (SSSR count). The van der Waals surface area contributed by atoms with Gasteiger partial charge in [0.25, 0.3) is 0 Å². The number of nitrogens with two attached hydrogens (primary N) is 1. The average Bonchev–Trinajstić information content (AvgIpc) is 3.02. The third kappa shape index (κ3) is 3.41. The van der Waals surface area contributed by atoms with Crippen LogP contribution in [0.4, 0.5) is 5.82 Å². The van der Waals surface area contributed by atoms with Crippen LogP contribution in [0.25, 0.3) is 11.2 Å². The molecule has 0 spiro atoms. The van der Waals surface area contributed by atoms with Crippen molar-refractivity contribution in [1.29, 1.82) is 0 Å². The van der Waals surface area contributed by atoms with E-state index in [1.54, 1.807) is 0 Å². The van der Waals surface area contributed by atoms with E-state index in [4.69, 9.17) is 10.5 Å². The van der Waals surface area contributed by atoms with Crippen molar-refractivity contribution in [2.75, 3.05) is 12.3 Å². The lowest BCUT2D eigenvalue weighted by Crippen LogP contribution is -2.55. The van der Waals surface area contributed by atoms with E-state index in [-0.39, 0.29) is 11.6 Å². The Morgan fingerprint density at radius 2 is 1.92 bits per heavy atom. The minimum atomic E-state index is -1.49. The van der Waals surface area contributed by atoms with Gasteiger partial charge in [-0.1, -0.05) is 5.57 Å². The minimum absolute atomic E-state index is 0.176. The highest BCUT2D eigenvalue weighted by molar-refractivity contribution is 5.81. The summed E-state index contributed by atoms with van der Waals surface area (Å²) < 4.78 is 5.49. The van der Waals surface area contributed by atoms with Gasteiger partial charge in [-0.3, -0.25) is 0 Å². The van der Waals surface area contributed by atoms with E-state index in [9.17, 15) is 20.4 Å². The number of aliphatic hydroxyl groups excluding tert-OH is 4. The van der Waals surface area contributed by atoms with Crippen LogP contribution < -0.4 is 5.73 Å². The van der Waals surface area contributed by atoms with Crippen LogP contribution in [0.2, 0.25) is 0 Å². The second-order valence-corrected chi connectivity index (χ2v) is 6.55. The molecule has 0 bridgehead atoms. The molecule has 1 saturated heterocycles. The van der Waals surface area contributed by atoms with Crippen molar-refractivity contribution in [3.05, 3.63) is 23.8 Å². The van der Waals surface area contributed by atoms with Gasteiger partial charge in [0.05, 0.1) is 6.61 Å². The van der Waals surface area contributed by atoms with E-state index >= 15 is 0 Å². The molecule has 1 aliphatic heterocycles. The summed E-state index contributed by atoms with van der Waals surface area (Å²) in [5, 5.41) is 39.3. The van der Waals surface area contributed by atoms with Gasteiger partial charge in [0.1, 0.15) is 47.7 Å². The Hall–Kier alpha value is -2.11. The number of aromatic nitrogens is 4. The van der Waals surface area contributed by atoms with Crippen LogP contribution in [0.3, 0.4) is 0 Å². The molecule has 1 aliphatic rings. The van der Waals surface area contributed by atoms with Crippen LogP contribution in [0.15, 0.2) is 12.2 Å². The number of H-pyrrole nitrogens is 1. The molecule has 7 N–H and O–H groups in total. The number of nitrogens with one attached hydrogen (secondary N) is 1. The zero-order valence-electron chi connectivity index (χ0n) is 14.3. The lowest BCUT2D eigenvalue weighted by molar-refractivity contribution is -0.233. The molecule has 10 nitrogen and oxygen atoms in total. The molecular formula is C16H23N5O5. The summed E-state index contributed by atoms with van der Waals surface area (Å²) in [6.07, 6.45) is -5.19. The molecule has 0 radical (unpaired) electrons. The summed E-state index contributed by atoms with van der Waals surface area (Å²) in [6, 6.07) is 0. The van der Waals surface area contributed by atoms with Gasteiger partial charge in [-0.15, -0.1) is 6.58 Å². The number of nitrogen functional groups attached to an aromatic ring is 1. The van der Waals surface area contributed by atoms with E-state index in [1.807, 2.05) is 6.92 Å². The molecule has 0 saturated carbocycles. The lowest BCUT2D eigenvalue weighted by Gasteiger charge is -2.39. The first kappa shape index (κ1) is 18.7. The molecule has 26 heavy (non-hydrogen) atoms. The van der Waals surface area contributed by atoms with Crippen LogP contribution >= 0.6 is 0 Å². The second-order valence-electron chi connectivity index (χ2n) is 6.55. The quantitative estimate of drug-likeness (QED) is 0.362. The van der Waals surface area contributed by atoms with E-state index in [0.29, 0.717) is 23.4 Å². The molecule has 1 unspecified atom stereocenters. The fourth-order valence-electron chi connectivity index (χ4n) is 2.88. The zero-order valence-corrected chi connectivity index (χ0v) is 14.3. The Morgan fingerprint density at radius 3 is 2.58 bits per heavy atom. The number of ether oxygens (including phenoxy) is 1. The van der Waals surface area contributed by atoms with Gasteiger partial charge >= 0.3 is 0 Å². The number of imidazole rings is 1. The van der Waals surface area contributed by atoms with E-state index in [2.05, 4.69) is 26.5 Å². The second kappa shape index (κ2) is 7.25. The SMILES string of the molecule is C=C(C)CCc1nc(N)c2[nH]c(C3O[C@H](CO)[C@@H](O)[C@H](O)[C@H]3O)nc2n1. The predicted octanol–water partition coefficient (Wildman–Crippen LogP) is -1.04. The molecule has 10 heteroatoms. The van der Waals surface area contributed by atoms with Gasteiger partial charge in [0.15, 0.2) is 11.5 Å². The molecule has 2 aromatic heterocycles. The summed E-state index contributed by atoms with van der Waals surface area (Å²) in [5.74, 6) is 0.898. The summed E-state index contributed by atoms with van der Waals surface area (Å²) >= 11 is 0. The Labute approximate surface area is 149 Å². The Bertz CT molecular complexity index is 808. The number of hydrogen-bond acceptors (Lipinski definition) is 9. The fourth-order valence-corrected chi connectivity index (χ4v) is 2.88. The minimum Gasteiger partial charge on any atom is -0.394 e. The van der Waals surface area contributed by atoms with Crippen molar-refractivity contribution in [2.45, 2.75) is 50.3 Å². The maximum atomic E-state index is 10.2. The fraction of sp³-hybridized carbons (Fsp3) is 0.562. The maximum absolute atomic E-state index is 10.2. The highest BCUT2D eigenvalue weighted by Gasteiger charge is 2.45. The van der Waals surface area contributed by atoms with Gasteiger partial charge in [-0.25, -0.2) is 15.0 Å². The predicted molar refractivity (Wildman–Crippen MR) is 92.0 cm³/mol. The first-order valence-electron chi connectivity index (χ1n) is 8.28. The van der Waals surface area contributed by atoms with Gasteiger partial charge in [-0.2, -0.15) is 0 Å². The number of rotatable bonds is 5. The maximum Gasteiger partial charge on any atom is 0.183 e. The van der Waals surface area contributed by atoms with Gasteiger partial charge in [-0.05, 0) is 13.3 Å². The largest absolute Gasteiger partial charge is 0.394 e. The summed E-state index contributed by atoms with van der Waals surface area (Å²) in [7, 11) is 0. The van der Waals surface area contributed by atoms with Crippen LogP contribution in [0.5, 0.6) is 0 Å². The van der Waals surface area contributed by atoms with Crippen molar-refractivity contribution in [2.24, 2.45) is 0 Å². The normalized spacial score (nSPS) is 29.2. The van der Waals surface area contributed by atoms with Crippen molar-refractivity contribution in [3.63, 3.8) is 0 Å². The average molecular weight is 365 g/mol. The first-order chi connectivity index (χ1) is 12.3. The molecule has 5 atom stereocenters. The number of anilines is 1. The van der Waals surface area contributed by atoms with E-state index in [1.165, 1.54) is 0 Å². The van der Waals surface area contributed by atoms with Crippen molar-refractivity contribution in [1.82, 2.24) is 19.9 Å². The topological polar surface area (TPSA) is 171 Å². The van der Waals surface area contributed by atoms with Crippen LogP contribution in [0.1, 0.15) is 31.1 Å². The summed E-state index contributed by atoms with van der Waals surface area (Å²) in [4.78, 5) is 15.8. The standard InChI is InChI=1S/C16H23N5O5/c1-6(2)3-4-8-18-14(17)9-15(19-8)21-16(20-9)13-12(25)11(24)10(23)7(5-22)26-13/h7,10-13,22-25H,1,3-5H2,2H3,(H3,17,18,19,20,21)/t7-,10-,11+,12-,13?/m1/s1. The van der Waals surface area contributed by atoms with Crippen molar-refractivity contribution in [3.8, 4) is 0 Å². The zero-order chi connectivity index (χ0) is 19.0. The smallest absolute Gasteiger partial charge is 0.183 e. The third-order valence-corrected chi connectivity index (χ3v) is 4.38. The van der Waals surface area contributed by atoms with E-state index in [0.717, 1.165) is 12.0 Å². The number of allylic oxidation sites excluding steroid dienone is 1. The van der Waals surface area contributed by atoms with Crippen molar-refractivity contribution < 1.29 is 25.2 Å². The molecule has 1 fully saturated rings. The van der Waals surface area contributed by atoms with E-state index < -0.39 is 37.1 Å². The van der Waals surface area contributed by atoms with Gasteiger partial charge < -0.3 is 35.9 Å². The molecule has 0 amide bonds. The molecule has 0 aromatic carbocycles. The first-order valence-corrected chi connectivity index (χ1v) is 8.28. The lowest BCUT2D eigenvalue weighted by atomic mass is 9.95. The summed E-state index contributed by atoms with van der Waals surface area (Å²) in [5.41, 5.74) is 7.65. The highest BCUT2D eigenvalue weighted by Crippen LogP contribution is 2.32. The molecule has 3 heterocycles. The molecule has 0 aliphatic carbocycles. The highest BCUT2D eigenvalue weighted by atomic mass is 16.5. The molecule has 142 valence electrons. The third-order valence-electron chi connectivity index (χ3n) is 4.38. The number of aryl methyl sites for hydroxylation is 1. The number of hydrogen-bond donors (Lipinski definition) is 6. The Kier molecular flexibility index (Phi) is 5.21. The monoisotopic (exact) mass is 365 g/mol. The van der Waals surface area contributed by atoms with Crippen LogP contribution in [0, 0.1) is 0 Å². The molecule has 2 aromatic rings. The van der Waals surface area contributed by atoms with Gasteiger partial charge in [0.2, 0.25) is 0 Å². The van der Waals surface area contributed by atoms with Gasteiger partial charge in [0, 0.05) is 6.42 Å². The number of fused-ring (bicyclic) bond motifs is 1. The number of aromatic amines is 1. The van der Waals surface area contributed by atoms with Crippen LogP contribution in [-0.4, -0.2) is 71.4 Å². The Balaban J connectivity index is 1.93. The number of aliphatic hydroxyl groups is 4. The van der Waals surface area contributed by atoms with Crippen molar-refractivity contribution >= 4 is 17.0 Å². The van der Waals surface area contributed by atoms with Crippen LogP contribution in [-0.2, 0) is 11.2 Å².